The lowest BCUT2D eigenvalue weighted by Gasteiger charge is -2.26. The van der Waals surface area contributed by atoms with E-state index >= 15 is 0 Å². The van der Waals surface area contributed by atoms with Crippen molar-refractivity contribution < 1.29 is 14.3 Å². The molecule has 1 aromatic rings. The lowest BCUT2D eigenvalue weighted by Crippen LogP contribution is -2.33. The number of rotatable bonds is 7. The molecular weight excluding hydrogens is 268 g/mol. The number of hydrogen-bond donors (Lipinski definition) is 1. The van der Waals surface area contributed by atoms with Crippen LogP contribution in [0.25, 0.3) is 0 Å². The molecule has 0 aromatic heterocycles. The second-order valence-corrected chi connectivity index (χ2v) is 5.58. The molecule has 116 valence electrons. The molecule has 0 bridgehead atoms. The SMILES string of the molecule is COc1ccccc1C1NCC(=O)N1CCOCC(C)C. The third-order valence-corrected chi connectivity index (χ3v) is 3.44. The Morgan fingerprint density at radius 1 is 1.38 bits per heavy atom. The van der Waals surface area contributed by atoms with Gasteiger partial charge in [-0.3, -0.25) is 10.1 Å². The summed E-state index contributed by atoms with van der Waals surface area (Å²) in [7, 11) is 1.64. The van der Waals surface area contributed by atoms with Crippen LogP contribution in [0.2, 0.25) is 0 Å². The van der Waals surface area contributed by atoms with Crippen LogP contribution in [0.4, 0.5) is 0 Å². The average molecular weight is 292 g/mol. The Morgan fingerprint density at radius 3 is 2.86 bits per heavy atom. The minimum absolute atomic E-state index is 0.0963. The van der Waals surface area contributed by atoms with Crippen molar-refractivity contribution in [1.82, 2.24) is 10.2 Å². The Bertz CT molecular complexity index is 476. The highest BCUT2D eigenvalue weighted by Gasteiger charge is 2.32. The third-order valence-electron chi connectivity index (χ3n) is 3.44. The third kappa shape index (κ3) is 3.95. The fourth-order valence-corrected chi connectivity index (χ4v) is 2.45. The second-order valence-electron chi connectivity index (χ2n) is 5.58. The molecule has 1 unspecified atom stereocenters. The molecule has 0 radical (unpaired) electrons. The maximum Gasteiger partial charge on any atom is 0.238 e. The van der Waals surface area contributed by atoms with E-state index < -0.39 is 0 Å². The molecule has 1 saturated heterocycles. The molecule has 21 heavy (non-hydrogen) atoms. The van der Waals surface area contributed by atoms with E-state index in [0.717, 1.165) is 17.9 Å². The van der Waals surface area contributed by atoms with E-state index in [1.54, 1.807) is 7.11 Å². The van der Waals surface area contributed by atoms with Gasteiger partial charge in [-0.1, -0.05) is 32.0 Å². The van der Waals surface area contributed by atoms with Gasteiger partial charge in [-0.25, -0.2) is 0 Å². The van der Waals surface area contributed by atoms with E-state index in [-0.39, 0.29) is 12.1 Å². The summed E-state index contributed by atoms with van der Waals surface area (Å²) in [5, 5.41) is 3.24. The van der Waals surface area contributed by atoms with Crippen molar-refractivity contribution >= 4 is 5.91 Å². The molecule has 1 aromatic carbocycles. The van der Waals surface area contributed by atoms with E-state index in [4.69, 9.17) is 9.47 Å². The van der Waals surface area contributed by atoms with Crippen molar-refractivity contribution in [3.63, 3.8) is 0 Å². The quantitative estimate of drug-likeness (QED) is 0.779. The second kappa shape index (κ2) is 7.43. The van der Waals surface area contributed by atoms with Gasteiger partial charge in [0.2, 0.25) is 5.91 Å². The molecule has 0 aliphatic carbocycles. The normalized spacial score (nSPS) is 18.6. The number of hydrogen-bond acceptors (Lipinski definition) is 4. The van der Waals surface area contributed by atoms with E-state index in [1.807, 2.05) is 29.2 Å². The smallest absolute Gasteiger partial charge is 0.238 e. The predicted octanol–water partition coefficient (Wildman–Crippen LogP) is 1.80. The van der Waals surface area contributed by atoms with Crippen LogP contribution < -0.4 is 10.1 Å². The molecule has 1 N–H and O–H groups in total. The van der Waals surface area contributed by atoms with Crippen molar-refractivity contribution in [1.29, 1.82) is 0 Å². The minimum atomic E-state index is -0.142. The van der Waals surface area contributed by atoms with Gasteiger partial charge in [-0.15, -0.1) is 0 Å². The molecule has 5 heteroatoms. The molecule has 1 aliphatic rings. The summed E-state index contributed by atoms with van der Waals surface area (Å²) in [5.41, 5.74) is 0.981. The summed E-state index contributed by atoms with van der Waals surface area (Å²) in [4.78, 5) is 13.9. The summed E-state index contributed by atoms with van der Waals surface area (Å²) in [6.07, 6.45) is -0.142. The van der Waals surface area contributed by atoms with Crippen LogP contribution in [0, 0.1) is 5.92 Å². The summed E-state index contributed by atoms with van der Waals surface area (Å²) in [6, 6.07) is 7.77. The average Bonchev–Trinajstić information content (AvgIpc) is 2.84. The van der Waals surface area contributed by atoms with Crippen molar-refractivity contribution in [3.8, 4) is 5.75 Å². The van der Waals surface area contributed by atoms with E-state index in [2.05, 4.69) is 19.2 Å². The number of carbonyl (C=O) groups is 1. The number of methoxy groups -OCH3 is 1. The van der Waals surface area contributed by atoms with Gasteiger partial charge in [-0.05, 0) is 12.0 Å². The largest absolute Gasteiger partial charge is 0.496 e. The molecule has 1 atom stereocenters. The van der Waals surface area contributed by atoms with E-state index in [9.17, 15) is 4.79 Å². The monoisotopic (exact) mass is 292 g/mol. The van der Waals surface area contributed by atoms with Crippen LogP contribution in [0.1, 0.15) is 25.6 Å². The molecule has 1 aliphatic heterocycles. The summed E-state index contributed by atoms with van der Waals surface area (Å²) in [6.45, 7) is 6.43. The van der Waals surface area contributed by atoms with Crippen LogP contribution >= 0.6 is 0 Å². The van der Waals surface area contributed by atoms with Crippen LogP contribution in [-0.2, 0) is 9.53 Å². The van der Waals surface area contributed by atoms with Gasteiger partial charge in [0, 0.05) is 18.7 Å². The summed E-state index contributed by atoms with van der Waals surface area (Å²) < 4.78 is 11.0. The Balaban J connectivity index is 2.02. The first kappa shape index (κ1) is 15.8. The molecule has 0 saturated carbocycles. The molecule has 0 spiro atoms. The number of para-hydroxylation sites is 1. The van der Waals surface area contributed by atoms with Crippen molar-refractivity contribution in [2.75, 3.05) is 33.4 Å². The van der Waals surface area contributed by atoms with Crippen LogP contribution in [0.3, 0.4) is 0 Å². The maximum atomic E-state index is 12.1. The predicted molar refractivity (Wildman–Crippen MR) is 81.1 cm³/mol. The lowest BCUT2D eigenvalue weighted by molar-refractivity contribution is -0.128. The maximum absolute atomic E-state index is 12.1. The zero-order valence-corrected chi connectivity index (χ0v) is 13.0. The van der Waals surface area contributed by atoms with Gasteiger partial charge in [0.25, 0.3) is 0 Å². The standard InChI is InChI=1S/C16H24N2O3/c1-12(2)11-21-9-8-18-15(19)10-17-16(18)13-6-4-5-7-14(13)20-3/h4-7,12,16-17H,8-11H2,1-3H3. The lowest BCUT2D eigenvalue weighted by atomic mass is 10.1. The van der Waals surface area contributed by atoms with Crippen LogP contribution in [0.15, 0.2) is 24.3 Å². The Labute approximate surface area is 126 Å². The Hall–Kier alpha value is -1.59. The van der Waals surface area contributed by atoms with Crippen molar-refractivity contribution in [2.45, 2.75) is 20.0 Å². The molecule has 1 fully saturated rings. The van der Waals surface area contributed by atoms with Crippen LogP contribution in [-0.4, -0.2) is 44.2 Å². The first-order chi connectivity index (χ1) is 10.1. The van der Waals surface area contributed by atoms with Gasteiger partial charge >= 0.3 is 0 Å². The summed E-state index contributed by atoms with van der Waals surface area (Å²) in [5.74, 6) is 1.39. The number of amides is 1. The molecule has 5 nitrogen and oxygen atoms in total. The van der Waals surface area contributed by atoms with Gasteiger partial charge in [0.05, 0.1) is 20.3 Å². The Kier molecular flexibility index (Phi) is 5.59. The number of carbonyl (C=O) groups excluding carboxylic acids is 1. The molecule has 1 amide bonds. The zero-order valence-electron chi connectivity index (χ0n) is 13.0. The van der Waals surface area contributed by atoms with Gasteiger partial charge < -0.3 is 14.4 Å². The first-order valence-electron chi connectivity index (χ1n) is 7.37. The zero-order chi connectivity index (χ0) is 15.2. The number of nitrogens with one attached hydrogen (secondary N) is 1. The number of benzene rings is 1. The van der Waals surface area contributed by atoms with Crippen LogP contribution in [0.5, 0.6) is 5.75 Å². The van der Waals surface area contributed by atoms with E-state index in [0.29, 0.717) is 25.6 Å². The Morgan fingerprint density at radius 2 is 2.14 bits per heavy atom. The molecule has 1 heterocycles. The van der Waals surface area contributed by atoms with Gasteiger partial charge in [-0.2, -0.15) is 0 Å². The highest BCUT2D eigenvalue weighted by Crippen LogP contribution is 2.29. The topological polar surface area (TPSA) is 50.8 Å². The van der Waals surface area contributed by atoms with Crippen molar-refractivity contribution in [3.05, 3.63) is 29.8 Å². The fraction of sp³-hybridized carbons (Fsp3) is 0.562. The fourth-order valence-electron chi connectivity index (χ4n) is 2.45. The summed E-state index contributed by atoms with van der Waals surface area (Å²) >= 11 is 0. The van der Waals surface area contributed by atoms with Crippen molar-refractivity contribution in [2.24, 2.45) is 5.92 Å². The van der Waals surface area contributed by atoms with Gasteiger partial charge in [0.1, 0.15) is 11.9 Å². The highest BCUT2D eigenvalue weighted by atomic mass is 16.5. The van der Waals surface area contributed by atoms with Gasteiger partial charge in [0.15, 0.2) is 0 Å². The highest BCUT2D eigenvalue weighted by molar-refractivity contribution is 5.81. The number of ether oxygens (including phenoxy) is 2. The minimum Gasteiger partial charge on any atom is -0.496 e. The molecule has 2 rings (SSSR count). The molecular formula is C16H24N2O3. The number of nitrogens with zero attached hydrogens (tertiary/aromatic N) is 1. The van der Waals surface area contributed by atoms with E-state index in [1.165, 1.54) is 0 Å². The first-order valence-corrected chi connectivity index (χ1v) is 7.37.